The third-order valence-corrected chi connectivity index (χ3v) is 7.14. The van der Waals surface area contributed by atoms with Crippen molar-refractivity contribution in [2.75, 3.05) is 10.0 Å². The van der Waals surface area contributed by atoms with Crippen LogP contribution in [-0.2, 0) is 20.7 Å². The molecule has 0 atom stereocenters. The van der Waals surface area contributed by atoms with Gasteiger partial charge in [0.1, 0.15) is 11.6 Å². The van der Waals surface area contributed by atoms with Gasteiger partial charge in [0.05, 0.1) is 21.7 Å². The maximum atomic E-state index is 15.5. The molecular weight excluding hydrogens is 555 g/mol. The Labute approximate surface area is 226 Å². The molecule has 1 aromatic heterocycles. The minimum absolute atomic E-state index is 0.0114. The standard InChI is InChI=1S/C27H23F5N4O3S/c1-26(2,3)24(37)35-25-33-13-15-9-14(5-7-20(15)34-25)22-19(29)6-8-21(23(22)30)36-40(38,39)18-11-16(27(4,31)32)10-17(28)12-18/h5-13,36H,1-4H3,(H,33,34,35,37). The first-order chi connectivity index (χ1) is 18.5. The van der Waals surface area contributed by atoms with Crippen LogP contribution in [0.2, 0.25) is 0 Å². The van der Waals surface area contributed by atoms with Crippen LogP contribution >= 0.6 is 0 Å². The predicted octanol–water partition coefficient (Wildman–Crippen LogP) is 6.61. The number of alkyl halides is 2. The summed E-state index contributed by atoms with van der Waals surface area (Å²) in [7, 11) is -4.75. The van der Waals surface area contributed by atoms with Crippen molar-refractivity contribution in [2.45, 2.75) is 38.5 Å². The predicted molar refractivity (Wildman–Crippen MR) is 140 cm³/mol. The van der Waals surface area contributed by atoms with Crippen molar-refractivity contribution in [3.05, 3.63) is 77.7 Å². The van der Waals surface area contributed by atoms with E-state index in [2.05, 4.69) is 15.3 Å². The van der Waals surface area contributed by atoms with Crippen molar-refractivity contribution in [3.8, 4) is 11.1 Å². The van der Waals surface area contributed by atoms with Gasteiger partial charge in [-0.25, -0.2) is 40.3 Å². The summed E-state index contributed by atoms with van der Waals surface area (Å²) in [6.07, 6.45) is 1.34. The number of hydrogen-bond donors (Lipinski definition) is 2. The van der Waals surface area contributed by atoms with E-state index in [9.17, 15) is 30.8 Å². The van der Waals surface area contributed by atoms with Crippen molar-refractivity contribution in [1.82, 2.24) is 9.97 Å². The molecule has 210 valence electrons. The number of aromatic nitrogens is 2. The molecule has 0 radical (unpaired) electrons. The fourth-order valence-electron chi connectivity index (χ4n) is 3.61. The molecule has 1 amide bonds. The molecule has 0 unspecified atom stereocenters. The maximum Gasteiger partial charge on any atom is 0.270 e. The van der Waals surface area contributed by atoms with E-state index < -0.39 is 60.5 Å². The molecule has 0 saturated carbocycles. The summed E-state index contributed by atoms with van der Waals surface area (Å²) >= 11 is 0. The largest absolute Gasteiger partial charge is 0.294 e. The third-order valence-electron chi connectivity index (χ3n) is 5.80. The Morgan fingerprint density at radius 1 is 0.925 bits per heavy atom. The molecule has 0 fully saturated rings. The van der Waals surface area contributed by atoms with E-state index >= 15 is 4.39 Å². The number of halogens is 5. The molecule has 4 aromatic rings. The van der Waals surface area contributed by atoms with Gasteiger partial charge in [-0.2, -0.15) is 0 Å². The first-order valence-corrected chi connectivity index (χ1v) is 13.2. The summed E-state index contributed by atoms with van der Waals surface area (Å²) in [4.78, 5) is 19.6. The topological polar surface area (TPSA) is 101 Å². The molecule has 4 rings (SSSR count). The lowest BCUT2D eigenvalue weighted by atomic mass is 9.96. The van der Waals surface area contributed by atoms with E-state index in [4.69, 9.17) is 0 Å². The number of amides is 1. The van der Waals surface area contributed by atoms with E-state index in [-0.39, 0.29) is 17.4 Å². The quantitative estimate of drug-likeness (QED) is 0.251. The number of rotatable bonds is 6. The summed E-state index contributed by atoms with van der Waals surface area (Å²) < 4.78 is 99.2. The number of carbonyl (C=O) groups excluding carboxylic acids is 1. The van der Waals surface area contributed by atoms with Gasteiger partial charge in [-0.05, 0) is 48.0 Å². The second kappa shape index (κ2) is 10.1. The zero-order valence-electron chi connectivity index (χ0n) is 21.6. The Morgan fingerprint density at radius 3 is 2.27 bits per heavy atom. The summed E-state index contributed by atoms with van der Waals surface area (Å²) in [6, 6.07) is 7.33. The smallest absolute Gasteiger partial charge is 0.270 e. The lowest BCUT2D eigenvalue weighted by molar-refractivity contribution is -0.123. The lowest BCUT2D eigenvalue weighted by Gasteiger charge is -2.17. The molecular formula is C27H23F5N4O3S. The Balaban J connectivity index is 1.69. The van der Waals surface area contributed by atoms with Gasteiger partial charge < -0.3 is 0 Å². The number of anilines is 2. The van der Waals surface area contributed by atoms with Crippen molar-refractivity contribution >= 4 is 38.5 Å². The van der Waals surface area contributed by atoms with Gasteiger partial charge in [-0.15, -0.1) is 0 Å². The average molecular weight is 579 g/mol. The molecule has 13 heteroatoms. The van der Waals surface area contributed by atoms with Gasteiger partial charge in [0.2, 0.25) is 11.9 Å². The second-order valence-electron chi connectivity index (χ2n) is 10.1. The SMILES string of the molecule is CC(C)(C)C(=O)Nc1ncc2cc(-c3c(F)ccc(NS(=O)(=O)c4cc(F)cc(C(C)(F)F)c4)c3F)ccc2n1. The molecule has 0 aliphatic heterocycles. The monoisotopic (exact) mass is 578 g/mol. The number of sulfonamides is 1. The minimum atomic E-state index is -4.75. The van der Waals surface area contributed by atoms with Crippen LogP contribution in [-0.4, -0.2) is 24.3 Å². The zero-order valence-corrected chi connectivity index (χ0v) is 22.4. The number of nitrogens with zero attached hydrogens (tertiary/aromatic N) is 2. The summed E-state index contributed by atoms with van der Waals surface area (Å²) in [5, 5.41) is 2.95. The third kappa shape index (κ3) is 6.03. The van der Waals surface area contributed by atoms with Crippen LogP contribution in [0.3, 0.4) is 0 Å². The van der Waals surface area contributed by atoms with Gasteiger partial charge in [-0.1, -0.05) is 26.8 Å². The Hall–Kier alpha value is -4.13. The van der Waals surface area contributed by atoms with Gasteiger partial charge in [0.25, 0.3) is 15.9 Å². The highest BCUT2D eigenvalue weighted by atomic mass is 32.2. The van der Waals surface area contributed by atoms with E-state index in [0.29, 0.717) is 36.0 Å². The summed E-state index contributed by atoms with van der Waals surface area (Å²) in [6.45, 7) is 5.61. The number of nitrogens with one attached hydrogen (secondary N) is 2. The van der Waals surface area contributed by atoms with Crippen LogP contribution in [0.15, 0.2) is 59.6 Å². The highest BCUT2D eigenvalue weighted by molar-refractivity contribution is 7.92. The number of carbonyl (C=O) groups is 1. The molecule has 0 aliphatic carbocycles. The van der Waals surface area contributed by atoms with Crippen LogP contribution in [0.1, 0.15) is 33.3 Å². The zero-order chi connectivity index (χ0) is 29.6. The normalized spacial score (nSPS) is 12.4. The van der Waals surface area contributed by atoms with Gasteiger partial charge >= 0.3 is 0 Å². The second-order valence-corrected chi connectivity index (χ2v) is 11.8. The molecule has 7 nitrogen and oxygen atoms in total. The molecule has 0 bridgehead atoms. The molecule has 0 saturated heterocycles. The molecule has 0 spiro atoms. The van der Waals surface area contributed by atoms with Gasteiger partial charge in [0, 0.05) is 29.5 Å². The number of fused-ring (bicyclic) bond motifs is 1. The van der Waals surface area contributed by atoms with E-state index in [1.165, 1.54) is 24.4 Å². The van der Waals surface area contributed by atoms with Gasteiger partial charge in [0.15, 0.2) is 5.82 Å². The maximum absolute atomic E-state index is 15.5. The fourth-order valence-corrected chi connectivity index (χ4v) is 4.72. The number of hydrogen-bond acceptors (Lipinski definition) is 5. The van der Waals surface area contributed by atoms with Crippen molar-refractivity contribution in [3.63, 3.8) is 0 Å². The summed E-state index contributed by atoms with van der Waals surface area (Å²) in [5.74, 6) is -7.37. The Kier molecular flexibility index (Phi) is 7.30. The van der Waals surface area contributed by atoms with Crippen LogP contribution in [0.4, 0.5) is 33.6 Å². The van der Waals surface area contributed by atoms with Gasteiger partial charge in [-0.3, -0.25) is 14.8 Å². The van der Waals surface area contributed by atoms with Crippen LogP contribution in [0.25, 0.3) is 22.0 Å². The van der Waals surface area contributed by atoms with Crippen molar-refractivity contribution in [1.29, 1.82) is 0 Å². The van der Waals surface area contributed by atoms with Crippen molar-refractivity contribution in [2.24, 2.45) is 5.41 Å². The Morgan fingerprint density at radius 2 is 1.62 bits per heavy atom. The molecule has 2 N–H and O–H groups in total. The molecule has 0 aliphatic rings. The summed E-state index contributed by atoms with van der Waals surface area (Å²) in [5.41, 5.74) is -2.50. The van der Waals surface area contributed by atoms with Crippen LogP contribution < -0.4 is 10.0 Å². The van der Waals surface area contributed by atoms with E-state index in [1.807, 2.05) is 4.72 Å². The van der Waals surface area contributed by atoms with Crippen LogP contribution in [0, 0.1) is 22.9 Å². The number of benzene rings is 3. The van der Waals surface area contributed by atoms with E-state index in [1.54, 1.807) is 20.8 Å². The van der Waals surface area contributed by atoms with Crippen molar-refractivity contribution < 1.29 is 35.2 Å². The highest BCUT2D eigenvalue weighted by Crippen LogP contribution is 2.34. The molecule has 40 heavy (non-hydrogen) atoms. The van der Waals surface area contributed by atoms with E-state index in [0.717, 1.165) is 12.1 Å². The molecule has 3 aromatic carbocycles. The Bertz CT molecular complexity index is 1750. The first kappa shape index (κ1) is 28.9. The average Bonchev–Trinajstić information content (AvgIpc) is 2.84. The fraction of sp³-hybridized carbons (Fsp3) is 0.222. The first-order valence-electron chi connectivity index (χ1n) is 11.7. The molecule has 1 heterocycles. The lowest BCUT2D eigenvalue weighted by Crippen LogP contribution is -2.28. The minimum Gasteiger partial charge on any atom is -0.294 e. The van der Waals surface area contributed by atoms with Crippen LogP contribution in [0.5, 0.6) is 0 Å². The highest BCUT2D eigenvalue weighted by Gasteiger charge is 2.29.